The van der Waals surface area contributed by atoms with E-state index in [1.807, 2.05) is 18.2 Å². The molecule has 0 amide bonds. The van der Waals surface area contributed by atoms with Crippen molar-refractivity contribution in [3.63, 3.8) is 0 Å². The van der Waals surface area contributed by atoms with Crippen LogP contribution in [-0.2, 0) is 0 Å². The molecule has 0 saturated carbocycles. The molecule has 1 N–H and O–H groups in total. The molecule has 1 aromatic rings. The molecule has 1 heterocycles. The van der Waals surface area contributed by atoms with Gasteiger partial charge in [0, 0.05) is 12.6 Å². The Hall–Kier alpha value is -0.730. The minimum atomic E-state index is -0.462. The molecule has 0 aliphatic carbocycles. The summed E-state index contributed by atoms with van der Waals surface area (Å²) in [5.41, 5.74) is 1.99. The summed E-state index contributed by atoms with van der Waals surface area (Å²) in [4.78, 5) is 2.42. The molecule has 1 aromatic carbocycles. The Balaban J connectivity index is 2.28. The summed E-state index contributed by atoms with van der Waals surface area (Å²) < 4.78 is 0. The molecular weight excluding hydrogens is 246 g/mol. The van der Waals surface area contributed by atoms with Gasteiger partial charge in [0.15, 0.2) is 0 Å². The van der Waals surface area contributed by atoms with Crippen molar-refractivity contribution in [3.05, 3.63) is 28.8 Å². The van der Waals surface area contributed by atoms with E-state index in [1.165, 1.54) is 12.8 Å². The molecule has 2 nitrogen and oxygen atoms in total. The lowest BCUT2D eigenvalue weighted by Crippen LogP contribution is -2.33. The van der Waals surface area contributed by atoms with Crippen LogP contribution >= 0.6 is 11.6 Å². The second kappa shape index (κ2) is 5.50. The van der Waals surface area contributed by atoms with Crippen molar-refractivity contribution < 1.29 is 5.11 Å². The van der Waals surface area contributed by atoms with Gasteiger partial charge in [-0.1, -0.05) is 31.5 Å². The summed E-state index contributed by atoms with van der Waals surface area (Å²) in [5, 5.41) is 10.3. The first kappa shape index (κ1) is 13.7. The third-order valence-electron chi connectivity index (χ3n) is 3.83. The van der Waals surface area contributed by atoms with Gasteiger partial charge in [-0.25, -0.2) is 0 Å². The van der Waals surface area contributed by atoms with E-state index in [0.717, 1.165) is 22.8 Å². The summed E-state index contributed by atoms with van der Waals surface area (Å²) in [5.74, 6) is 0.639. The Kier molecular flexibility index (Phi) is 4.18. The average Bonchev–Trinajstić information content (AvgIpc) is 2.77. The zero-order valence-corrected chi connectivity index (χ0v) is 12.1. The maximum atomic E-state index is 9.57. The zero-order valence-electron chi connectivity index (χ0n) is 11.4. The number of aliphatic hydroxyl groups is 1. The van der Waals surface area contributed by atoms with E-state index in [-0.39, 0.29) is 0 Å². The molecule has 18 heavy (non-hydrogen) atoms. The second-order valence-corrected chi connectivity index (χ2v) is 5.94. The topological polar surface area (TPSA) is 23.5 Å². The molecule has 1 unspecified atom stereocenters. The van der Waals surface area contributed by atoms with Gasteiger partial charge in [0.05, 0.1) is 16.8 Å². The smallest absolute Gasteiger partial charge is 0.0762 e. The molecular formula is C15H22ClNO. The minimum absolute atomic E-state index is 0.462. The Morgan fingerprint density at radius 3 is 2.61 bits per heavy atom. The standard InChI is InChI=1S/C15H22ClNO/c1-10(2)14-5-4-8-17(14)15-7-6-12(11(3)18)9-13(15)16/h6-7,9-11,14,18H,4-5,8H2,1-3H3/t11-,14?/m0/s1. The molecule has 1 saturated heterocycles. The lowest BCUT2D eigenvalue weighted by Gasteiger charge is -2.30. The molecule has 1 fully saturated rings. The van der Waals surface area contributed by atoms with Gasteiger partial charge in [-0.05, 0) is 43.4 Å². The number of aliphatic hydroxyl groups excluding tert-OH is 1. The maximum absolute atomic E-state index is 9.57. The summed E-state index contributed by atoms with van der Waals surface area (Å²) in [6, 6.07) is 6.49. The van der Waals surface area contributed by atoms with Crippen LogP contribution in [0.3, 0.4) is 0 Å². The quantitative estimate of drug-likeness (QED) is 0.894. The van der Waals surface area contributed by atoms with E-state index < -0.39 is 6.10 Å². The van der Waals surface area contributed by atoms with Gasteiger partial charge in [0.2, 0.25) is 0 Å². The summed E-state index contributed by atoms with van der Waals surface area (Å²) >= 11 is 6.37. The van der Waals surface area contributed by atoms with Gasteiger partial charge in [-0.15, -0.1) is 0 Å². The minimum Gasteiger partial charge on any atom is -0.389 e. The molecule has 1 aliphatic heterocycles. The van der Waals surface area contributed by atoms with E-state index in [1.54, 1.807) is 6.92 Å². The van der Waals surface area contributed by atoms with Crippen LogP contribution in [0.5, 0.6) is 0 Å². The van der Waals surface area contributed by atoms with Gasteiger partial charge in [0.1, 0.15) is 0 Å². The van der Waals surface area contributed by atoms with Crippen molar-refractivity contribution >= 4 is 17.3 Å². The highest BCUT2D eigenvalue weighted by Gasteiger charge is 2.28. The lowest BCUT2D eigenvalue weighted by atomic mass is 10.0. The third kappa shape index (κ3) is 2.65. The van der Waals surface area contributed by atoms with Crippen LogP contribution in [0.15, 0.2) is 18.2 Å². The van der Waals surface area contributed by atoms with Crippen LogP contribution in [-0.4, -0.2) is 17.7 Å². The maximum Gasteiger partial charge on any atom is 0.0762 e. The molecule has 0 spiro atoms. The molecule has 0 aromatic heterocycles. The fourth-order valence-electron chi connectivity index (χ4n) is 2.80. The SMILES string of the molecule is CC(C)C1CCCN1c1ccc([C@H](C)O)cc1Cl. The second-order valence-electron chi connectivity index (χ2n) is 5.53. The normalized spacial score (nSPS) is 21.7. The molecule has 3 heteroatoms. The Bertz CT molecular complexity index is 417. The first-order chi connectivity index (χ1) is 8.50. The van der Waals surface area contributed by atoms with Gasteiger partial charge in [-0.3, -0.25) is 0 Å². The Labute approximate surface area is 115 Å². The van der Waals surface area contributed by atoms with Gasteiger partial charge in [-0.2, -0.15) is 0 Å². The van der Waals surface area contributed by atoms with Crippen molar-refractivity contribution in [2.45, 2.75) is 45.8 Å². The number of benzene rings is 1. The van der Waals surface area contributed by atoms with E-state index in [9.17, 15) is 5.11 Å². The molecule has 100 valence electrons. The highest BCUT2D eigenvalue weighted by atomic mass is 35.5. The number of rotatable bonds is 3. The van der Waals surface area contributed by atoms with Crippen LogP contribution in [0.2, 0.25) is 5.02 Å². The van der Waals surface area contributed by atoms with Crippen LogP contribution in [0.1, 0.15) is 45.3 Å². The van der Waals surface area contributed by atoms with E-state index in [4.69, 9.17) is 11.6 Å². The summed E-state index contributed by atoms with van der Waals surface area (Å²) in [6.07, 6.45) is 2.01. The van der Waals surface area contributed by atoms with Crippen LogP contribution in [0, 0.1) is 5.92 Å². The van der Waals surface area contributed by atoms with E-state index in [2.05, 4.69) is 18.7 Å². The predicted octanol–water partition coefficient (Wildman–Crippen LogP) is 4.02. The average molecular weight is 268 g/mol. The van der Waals surface area contributed by atoms with Gasteiger partial charge < -0.3 is 10.0 Å². The highest BCUT2D eigenvalue weighted by Crippen LogP contribution is 2.35. The molecule has 2 atom stereocenters. The van der Waals surface area contributed by atoms with Crippen molar-refractivity contribution in [1.82, 2.24) is 0 Å². The van der Waals surface area contributed by atoms with Crippen LogP contribution < -0.4 is 4.90 Å². The van der Waals surface area contributed by atoms with Crippen molar-refractivity contribution in [1.29, 1.82) is 0 Å². The number of nitrogens with zero attached hydrogens (tertiary/aromatic N) is 1. The number of hydrogen-bond donors (Lipinski definition) is 1. The number of anilines is 1. The molecule has 2 rings (SSSR count). The Morgan fingerprint density at radius 1 is 1.33 bits per heavy atom. The largest absolute Gasteiger partial charge is 0.389 e. The Morgan fingerprint density at radius 2 is 2.06 bits per heavy atom. The molecule has 0 bridgehead atoms. The first-order valence-corrected chi connectivity index (χ1v) is 7.12. The monoisotopic (exact) mass is 267 g/mol. The fraction of sp³-hybridized carbons (Fsp3) is 0.600. The summed E-state index contributed by atoms with van der Waals surface area (Å²) in [7, 11) is 0. The third-order valence-corrected chi connectivity index (χ3v) is 4.14. The van der Waals surface area contributed by atoms with Crippen LogP contribution in [0.4, 0.5) is 5.69 Å². The van der Waals surface area contributed by atoms with Crippen molar-refractivity contribution in [2.24, 2.45) is 5.92 Å². The number of hydrogen-bond acceptors (Lipinski definition) is 2. The van der Waals surface area contributed by atoms with E-state index in [0.29, 0.717) is 12.0 Å². The molecule has 0 radical (unpaired) electrons. The lowest BCUT2D eigenvalue weighted by molar-refractivity contribution is 0.199. The predicted molar refractivity (Wildman–Crippen MR) is 77.3 cm³/mol. The van der Waals surface area contributed by atoms with Crippen molar-refractivity contribution in [2.75, 3.05) is 11.4 Å². The fourth-order valence-corrected chi connectivity index (χ4v) is 3.10. The highest BCUT2D eigenvalue weighted by molar-refractivity contribution is 6.33. The van der Waals surface area contributed by atoms with Crippen molar-refractivity contribution in [3.8, 4) is 0 Å². The van der Waals surface area contributed by atoms with Gasteiger partial charge >= 0.3 is 0 Å². The molecule has 1 aliphatic rings. The first-order valence-electron chi connectivity index (χ1n) is 6.75. The van der Waals surface area contributed by atoms with Crippen LogP contribution in [0.25, 0.3) is 0 Å². The van der Waals surface area contributed by atoms with E-state index >= 15 is 0 Å². The van der Waals surface area contributed by atoms with Gasteiger partial charge in [0.25, 0.3) is 0 Å². The summed E-state index contributed by atoms with van der Waals surface area (Å²) in [6.45, 7) is 7.37. The number of halogens is 1. The zero-order chi connectivity index (χ0) is 13.3.